The van der Waals surface area contributed by atoms with Crippen molar-refractivity contribution in [1.29, 1.82) is 0 Å². The average Bonchev–Trinajstić information content (AvgIpc) is 3.18. The summed E-state index contributed by atoms with van der Waals surface area (Å²) >= 11 is 0. The number of methoxy groups -OCH3 is 1. The van der Waals surface area contributed by atoms with Gasteiger partial charge in [0.05, 0.1) is 24.9 Å². The van der Waals surface area contributed by atoms with Crippen LogP contribution in [-0.2, 0) is 4.74 Å². The molecule has 4 atom stereocenters. The first-order valence-corrected chi connectivity index (χ1v) is 7.17. The number of ether oxygens (including phenoxy) is 2. The van der Waals surface area contributed by atoms with Crippen LogP contribution in [0.2, 0.25) is 0 Å². The first-order chi connectivity index (χ1) is 10.2. The van der Waals surface area contributed by atoms with Crippen molar-refractivity contribution in [2.24, 2.45) is 11.8 Å². The maximum atomic E-state index is 12.6. The van der Waals surface area contributed by atoms with Crippen LogP contribution >= 0.6 is 0 Å². The third kappa shape index (κ3) is 1.84. The molecule has 2 fully saturated rings. The summed E-state index contributed by atoms with van der Waals surface area (Å²) in [6.07, 6.45) is 4.51. The monoisotopic (exact) mass is 287 g/mol. The molecule has 1 aromatic carbocycles. The summed E-state index contributed by atoms with van der Waals surface area (Å²) < 4.78 is 10.9. The minimum atomic E-state index is -0.121. The van der Waals surface area contributed by atoms with Gasteiger partial charge in [0.2, 0.25) is 0 Å². The third-order valence-electron chi connectivity index (χ3n) is 4.78. The number of carbonyl (C=O) groups excluding carboxylic acids is 1. The van der Waals surface area contributed by atoms with Gasteiger partial charge >= 0.3 is 0 Å². The van der Waals surface area contributed by atoms with Gasteiger partial charge in [-0.15, -0.1) is 0 Å². The van der Waals surface area contributed by atoms with Gasteiger partial charge in [-0.05, 0) is 12.1 Å². The number of hydrogen-bond donors (Lipinski definition) is 1. The number of fused-ring (bicyclic) bond motifs is 5. The average molecular weight is 287 g/mol. The van der Waals surface area contributed by atoms with Crippen LogP contribution in [0.15, 0.2) is 30.4 Å². The molecule has 4 unspecified atom stereocenters. The molecule has 4 rings (SSSR count). The van der Waals surface area contributed by atoms with E-state index in [4.69, 9.17) is 9.47 Å². The minimum absolute atomic E-state index is 0.0336. The van der Waals surface area contributed by atoms with Gasteiger partial charge < -0.3 is 19.5 Å². The predicted octanol–water partition coefficient (Wildman–Crippen LogP) is 1.43. The van der Waals surface area contributed by atoms with Crippen LogP contribution in [-0.4, -0.2) is 48.3 Å². The van der Waals surface area contributed by atoms with Crippen molar-refractivity contribution in [1.82, 2.24) is 4.90 Å². The molecule has 3 heterocycles. The van der Waals surface area contributed by atoms with Crippen molar-refractivity contribution in [3.63, 3.8) is 0 Å². The predicted molar refractivity (Wildman–Crippen MR) is 75.3 cm³/mol. The number of amides is 1. The second kappa shape index (κ2) is 4.49. The Hall–Kier alpha value is -2.01. The quantitative estimate of drug-likeness (QED) is 0.836. The van der Waals surface area contributed by atoms with Crippen LogP contribution in [0, 0.1) is 11.8 Å². The molecule has 2 saturated heterocycles. The van der Waals surface area contributed by atoms with Gasteiger partial charge in [-0.3, -0.25) is 4.79 Å². The Morgan fingerprint density at radius 2 is 1.95 bits per heavy atom. The van der Waals surface area contributed by atoms with Crippen molar-refractivity contribution >= 4 is 5.91 Å². The van der Waals surface area contributed by atoms with Gasteiger partial charge in [0.1, 0.15) is 11.5 Å². The Morgan fingerprint density at radius 1 is 1.29 bits per heavy atom. The molecule has 5 nitrogen and oxygen atoms in total. The summed E-state index contributed by atoms with van der Waals surface area (Å²) in [7, 11) is 1.53. The molecule has 1 amide bonds. The highest BCUT2D eigenvalue weighted by Gasteiger charge is 2.51. The Labute approximate surface area is 122 Å². The highest BCUT2D eigenvalue weighted by Crippen LogP contribution is 2.44. The molecule has 2 bridgehead atoms. The summed E-state index contributed by atoms with van der Waals surface area (Å²) in [5.41, 5.74) is 0.331. The lowest BCUT2D eigenvalue weighted by atomic mass is 9.86. The molecule has 0 aromatic heterocycles. The molecule has 1 N–H and O–H groups in total. The van der Waals surface area contributed by atoms with E-state index in [9.17, 15) is 9.90 Å². The van der Waals surface area contributed by atoms with Crippen molar-refractivity contribution < 1.29 is 19.4 Å². The number of rotatable bonds is 2. The van der Waals surface area contributed by atoms with Gasteiger partial charge in [-0.2, -0.15) is 0 Å². The fraction of sp³-hybridized carbons (Fsp3) is 0.438. The first-order valence-electron chi connectivity index (χ1n) is 7.17. The molecule has 21 heavy (non-hydrogen) atoms. The maximum Gasteiger partial charge on any atom is 0.257 e. The molecule has 0 spiro atoms. The summed E-state index contributed by atoms with van der Waals surface area (Å²) in [5, 5.41) is 10.0. The van der Waals surface area contributed by atoms with Gasteiger partial charge in [-0.25, -0.2) is 0 Å². The molecule has 0 radical (unpaired) electrons. The zero-order chi connectivity index (χ0) is 14.6. The number of carbonyl (C=O) groups is 1. The van der Waals surface area contributed by atoms with Gasteiger partial charge in [0, 0.05) is 31.0 Å². The number of nitrogens with zero attached hydrogens (tertiary/aromatic N) is 1. The number of phenols is 1. The Bertz CT molecular complexity index is 607. The minimum Gasteiger partial charge on any atom is -0.507 e. The van der Waals surface area contributed by atoms with E-state index >= 15 is 0 Å². The zero-order valence-electron chi connectivity index (χ0n) is 11.7. The second-order valence-corrected chi connectivity index (χ2v) is 5.87. The molecule has 3 aliphatic rings. The van der Waals surface area contributed by atoms with Crippen LogP contribution in [0.1, 0.15) is 10.4 Å². The molecule has 3 aliphatic heterocycles. The number of aromatic hydroxyl groups is 1. The molecular weight excluding hydrogens is 270 g/mol. The smallest absolute Gasteiger partial charge is 0.257 e. The molecule has 0 aliphatic carbocycles. The van der Waals surface area contributed by atoms with Crippen LogP contribution in [0.4, 0.5) is 0 Å². The van der Waals surface area contributed by atoms with E-state index in [0.29, 0.717) is 36.2 Å². The molecule has 1 aromatic rings. The Kier molecular flexibility index (Phi) is 2.72. The number of benzene rings is 1. The summed E-state index contributed by atoms with van der Waals surface area (Å²) in [4.78, 5) is 14.4. The van der Waals surface area contributed by atoms with Crippen molar-refractivity contribution in [3.8, 4) is 11.5 Å². The zero-order valence-corrected chi connectivity index (χ0v) is 11.7. The SMILES string of the molecule is COc1ccc(C(=O)N2CC3C4C=CC(O4)C3C2)c(O)c1. The van der Waals surface area contributed by atoms with E-state index in [1.165, 1.54) is 13.2 Å². The summed E-state index contributed by atoms with van der Waals surface area (Å²) in [6.45, 7) is 1.39. The van der Waals surface area contributed by atoms with Crippen molar-refractivity contribution in [3.05, 3.63) is 35.9 Å². The van der Waals surface area contributed by atoms with Crippen LogP contribution < -0.4 is 4.74 Å². The number of hydrogen-bond acceptors (Lipinski definition) is 4. The van der Waals surface area contributed by atoms with Gasteiger partial charge in [0.15, 0.2) is 0 Å². The highest BCUT2D eigenvalue weighted by atomic mass is 16.5. The molecule has 110 valence electrons. The van der Waals surface area contributed by atoms with E-state index in [1.54, 1.807) is 12.1 Å². The fourth-order valence-electron chi connectivity index (χ4n) is 3.68. The van der Waals surface area contributed by atoms with E-state index in [2.05, 4.69) is 12.2 Å². The van der Waals surface area contributed by atoms with Gasteiger partial charge in [-0.1, -0.05) is 12.2 Å². The van der Waals surface area contributed by atoms with E-state index in [0.717, 1.165) is 0 Å². The largest absolute Gasteiger partial charge is 0.507 e. The molecular formula is C16H17NO4. The van der Waals surface area contributed by atoms with E-state index < -0.39 is 0 Å². The molecule has 0 saturated carbocycles. The standard InChI is InChI=1S/C16H17NO4/c1-20-9-2-3-10(13(18)6-9)16(19)17-7-11-12(8-17)15-5-4-14(11)21-15/h2-6,11-12,14-15,18H,7-8H2,1H3. The number of likely N-dealkylation sites (tertiary alicyclic amines) is 1. The number of phenolic OH excluding ortho intramolecular Hbond substituents is 1. The first kappa shape index (κ1) is 12.7. The second-order valence-electron chi connectivity index (χ2n) is 5.87. The fourth-order valence-corrected chi connectivity index (χ4v) is 3.68. The lowest BCUT2D eigenvalue weighted by Gasteiger charge is -2.19. The lowest BCUT2D eigenvalue weighted by Crippen LogP contribution is -2.31. The summed E-state index contributed by atoms with van der Waals surface area (Å²) in [6, 6.07) is 4.78. The Morgan fingerprint density at radius 3 is 2.52 bits per heavy atom. The van der Waals surface area contributed by atoms with Crippen LogP contribution in [0.25, 0.3) is 0 Å². The molecule has 5 heteroatoms. The van der Waals surface area contributed by atoms with E-state index in [1.807, 2.05) is 4.90 Å². The maximum absolute atomic E-state index is 12.6. The highest BCUT2D eigenvalue weighted by molar-refractivity contribution is 5.97. The normalized spacial score (nSPS) is 32.5. The topological polar surface area (TPSA) is 59.0 Å². The van der Waals surface area contributed by atoms with Crippen LogP contribution in [0.5, 0.6) is 11.5 Å². The van der Waals surface area contributed by atoms with Crippen molar-refractivity contribution in [2.45, 2.75) is 12.2 Å². The Balaban J connectivity index is 1.54. The lowest BCUT2D eigenvalue weighted by molar-refractivity contribution is 0.0653. The third-order valence-corrected chi connectivity index (χ3v) is 4.78. The van der Waals surface area contributed by atoms with Crippen molar-refractivity contribution in [2.75, 3.05) is 20.2 Å². The summed E-state index contributed by atoms with van der Waals surface area (Å²) in [5.74, 6) is 1.17. The van der Waals surface area contributed by atoms with Gasteiger partial charge in [0.25, 0.3) is 5.91 Å². The van der Waals surface area contributed by atoms with E-state index in [-0.39, 0.29) is 23.9 Å². The van der Waals surface area contributed by atoms with Crippen LogP contribution in [0.3, 0.4) is 0 Å².